The van der Waals surface area contributed by atoms with Crippen molar-refractivity contribution >= 4 is 34.2 Å². The Morgan fingerprint density at radius 1 is 1.00 bits per heavy atom. The van der Waals surface area contributed by atoms with Crippen LogP contribution in [0.2, 0.25) is 0 Å². The number of carboxylic acids is 1. The third-order valence-electron chi connectivity index (χ3n) is 6.58. The van der Waals surface area contributed by atoms with Gasteiger partial charge in [0, 0.05) is 11.4 Å². The van der Waals surface area contributed by atoms with Crippen LogP contribution in [-0.4, -0.2) is 23.0 Å². The number of amides is 3. The molecule has 0 bridgehead atoms. The Bertz CT molecular complexity index is 1220. The lowest BCUT2D eigenvalue weighted by atomic mass is 9.76. The minimum Gasteiger partial charge on any atom is -0.480 e. The number of nitrogens with two attached hydrogens (primary N) is 2. The third-order valence-corrected chi connectivity index (χ3v) is 7.68. The number of carbonyl (C=O) groups is 3. The quantitative estimate of drug-likeness (QED) is 0.303. The van der Waals surface area contributed by atoms with Crippen molar-refractivity contribution in [2.75, 3.05) is 5.32 Å². The monoisotopic (exact) mass is 492 g/mol. The average molecular weight is 493 g/mol. The van der Waals surface area contributed by atoms with Gasteiger partial charge < -0.3 is 16.6 Å². The van der Waals surface area contributed by atoms with Gasteiger partial charge in [0.25, 0.3) is 5.91 Å². The molecule has 4 rings (SSSR count). The third kappa shape index (κ3) is 5.06. The highest BCUT2D eigenvalue weighted by Gasteiger charge is 2.47. The van der Waals surface area contributed by atoms with Gasteiger partial charge >= 0.3 is 12.0 Å². The molecule has 2 aromatic carbocycles. The zero-order chi connectivity index (χ0) is 25.0. The number of primary amides is 2. The molecule has 9 heteroatoms. The largest absolute Gasteiger partial charge is 0.480 e. The van der Waals surface area contributed by atoms with Gasteiger partial charge in [-0.1, -0.05) is 67.4 Å². The van der Waals surface area contributed by atoms with Crippen LogP contribution in [0, 0.1) is 5.92 Å². The highest BCUT2D eigenvalue weighted by molar-refractivity contribution is 7.20. The van der Waals surface area contributed by atoms with Crippen LogP contribution in [0.15, 0.2) is 60.7 Å². The number of aliphatic carboxylic acids is 1. The summed E-state index contributed by atoms with van der Waals surface area (Å²) < 4.78 is 0. The van der Waals surface area contributed by atoms with E-state index in [2.05, 4.69) is 10.6 Å². The lowest BCUT2D eigenvalue weighted by molar-refractivity contribution is -0.148. The van der Waals surface area contributed by atoms with E-state index in [4.69, 9.17) is 11.5 Å². The Morgan fingerprint density at radius 2 is 1.66 bits per heavy atom. The lowest BCUT2D eigenvalue weighted by Gasteiger charge is -2.37. The molecule has 1 atom stereocenters. The first-order valence-corrected chi connectivity index (χ1v) is 12.3. The molecule has 0 spiro atoms. The molecule has 0 radical (unpaired) electrons. The first-order chi connectivity index (χ1) is 16.8. The van der Waals surface area contributed by atoms with Gasteiger partial charge in [0.2, 0.25) is 0 Å². The Balaban J connectivity index is 1.58. The number of nitrogens with one attached hydrogen (secondary N) is 2. The highest BCUT2D eigenvalue weighted by Crippen LogP contribution is 2.41. The number of carboxylic acid groups (broad SMARTS) is 1. The summed E-state index contributed by atoms with van der Waals surface area (Å²) in [6.45, 7) is 0.378. The molecule has 0 unspecified atom stereocenters. The van der Waals surface area contributed by atoms with E-state index in [0.717, 1.165) is 47.3 Å². The van der Waals surface area contributed by atoms with Gasteiger partial charge in [-0.15, -0.1) is 11.3 Å². The predicted octanol–water partition coefficient (Wildman–Crippen LogP) is 4.26. The molecular formula is C26H28N4O4S. The summed E-state index contributed by atoms with van der Waals surface area (Å²) in [6, 6.07) is 17.9. The number of benzene rings is 2. The minimum atomic E-state index is -1.16. The Morgan fingerprint density at radius 3 is 2.23 bits per heavy atom. The number of carbonyl (C=O) groups excluding carboxylic acids is 2. The molecule has 7 N–H and O–H groups in total. The van der Waals surface area contributed by atoms with E-state index < -0.39 is 23.4 Å². The van der Waals surface area contributed by atoms with Crippen molar-refractivity contribution in [1.29, 1.82) is 0 Å². The van der Waals surface area contributed by atoms with Crippen molar-refractivity contribution in [2.45, 2.75) is 37.8 Å². The summed E-state index contributed by atoms with van der Waals surface area (Å²) in [7, 11) is 0. The van der Waals surface area contributed by atoms with Gasteiger partial charge in [0.15, 0.2) is 0 Å². The number of thiophene rings is 1. The zero-order valence-corrected chi connectivity index (χ0v) is 19.9. The molecule has 182 valence electrons. The maximum atomic E-state index is 12.7. The second-order valence-electron chi connectivity index (χ2n) is 8.72. The van der Waals surface area contributed by atoms with Crippen LogP contribution < -0.4 is 22.1 Å². The van der Waals surface area contributed by atoms with Gasteiger partial charge in [-0.25, -0.2) is 9.59 Å². The predicted molar refractivity (Wildman–Crippen MR) is 136 cm³/mol. The number of hydrogen-bond donors (Lipinski definition) is 5. The summed E-state index contributed by atoms with van der Waals surface area (Å²) in [4.78, 5) is 36.4. The Labute approximate surface area is 207 Å². The van der Waals surface area contributed by atoms with Crippen molar-refractivity contribution < 1.29 is 19.5 Å². The van der Waals surface area contributed by atoms with E-state index in [9.17, 15) is 19.5 Å². The van der Waals surface area contributed by atoms with Crippen LogP contribution in [0.25, 0.3) is 10.4 Å². The second-order valence-corrected chi connectivity index (χ2v) is 9.77. The molecule has 1 saturated carbocycles. The van der Waals surface area contributed by atoms with E-state index in [-0.39, 0.29) is 11.5 Å². The number of urea groups is 1. The molecule has 3 aromatic rings. The van der Waals surface area contributed by atoms with Crippen molar-refractivity contribution in [3.05, 3.63) is 77.4 Å². The molecule has 1 aromatic heterocycles. The van der Waals surface area contributed by atoms with Crippen LogP contribution >= 0.6 is 11.3 Å². The molecular weight excluding hydrogens is 464 g/mol. The van der Waals surface area contributed by atoms with Gasteiger partial charge in [-0.2, -0.15) is 0 Å². The number of hydrogen-bond acceptors (Lipinski definition) is 5. The van der Waals surface area contributed by atoms with Crippen molar-refractivity contribution in [3.8, 4) is 10.4 Å². The molecule has 35 heavy (non-hydrogen) atoms. The van der Waals surface area contributed by atoms with Gasteiger partial charge in [0.05, 0.1) is 5.56 Å². The van der Waals surface area contributed by atoms with E-state index in [1.54, 1.807) is 6.07 Å². The van der Waals surface area contributed by atoms with Gasteiger partial charge in [-0.05, 0) is 41.5 Å². The zero-order valence-electron chi connectivity index (χ0n) is 19.1. The molecule has 8 nitrogen and oxygen atoms in total. The molecule has 1 fully saturated rings. The summed E-state index contributed by atoms with van der Waals surface area (Å²) >= 11 is 1.20. The topological polar surface area (TPSA) is 148 Å². The van der Waals surface area contributed by atoms with Crippen LogP contribution in [0.4, 0.5) is 9.80 Å². The lowest BCUT2D eigenvalue weighted by Crippen LogP contribution is -2.53. The fourth-order valence-corrected chi connectivity index (χ4v) is 5.94. The SMILES string of the molecule is NC(=O)Nc1sc(-c2ccc(CN[C@@](C(=O)O)(c3ccccc3)C3CCCC3)cc2)cc1C(N)=O. The van der Waals surface area contributed by atoms with Crippen LogP contribution in [-0.2, 0) is 16.9 Å². The van der Waals surface area contributed by atoms with E-state index >= 15 is 0 Å². The molecule has 1 aliphatic carbocycles. The first kappa shape index (κ1) is 24.4. The molecule has 0 saturated heterocycles. The number of anilines is 1. The van der Waals surface area contributed by atoms with Crippen molar-refractivity contribution in [2.24, 2.45) is 17.4 Å². The number of rotatable bonds is 9. The summed E-state index contributed by atoms with van der Waals surface area (Å²) in [5.74, 6) is -1.51. The summed E-state index contributed by atoms with van der Waals surface area (Å²) in [5.41, 5.74) is 12.2. The van der Waals surface area contributed by atoms with Gasteiger partial charge in [0.1, 0.15) is 10.5 Å². The van der Waals surface area contributed by atoms with Crippen molar-refractivity contribution in [3.63, 3.8) is 0 Å². The fraction of sp³-hybridized carbons (Fsp3) is 0.269. The van der Waals surface area contributed by atoms with Crippen LogP contribution in [0.5, 0.6) is 0 Å². The van der Waals surface area contributed by atoms with Crippen LogP contribution in [0.3, 0.4) is 0 Å². The molecule has 1 aliphatic rings. The highest BCUT2D eigenvalue weighted by atomic mass is 32.1. The fourth-order valence-electron chi connectivity index (χ4n) is 4.87. The van der Waals surface area contributed by atoms with Crippen LogP contribution in [0.1, 0.15) is 47.2 Å². The molecule has 3 amide bonds. The van der Waals surface area contributed by atoms with E-state index in [0.29, 0.717) is 11.5 Å². The minimum absolute atomic E-state index is 0.0104. The van der Waals surface area contributed by atoms with Crippen molar-refractivity contribution in [1.82, 2.24) is 5.32 Å². The second kappa shape index (κ2) is 10.3. The maximum Gasteiger partial charge on any atom is 0.328 e. The average Bonchev–Trinajstić information content (AvgIpc) is 3.51. The standard InChI is InChI=1S/C26H28N4O4S/c27-22(31)20-14-21(35-23(20)30-25(28)34)17-12-10-16(11-13-17)15-29-26(24(32)33,19-8-4-5-9-19)18-6-2-1-3-7-18/h1-3,6-7,10-14,19,29H,4-5,8-9,15H2,(H2,27,31)(H,32,33)(H3,28,30,34)/t26-/m0/s1. The first-order valence-electron chi connectivity index (χ1n) is 11.4. The summed E-state index contributed by atoms with van der Waals surface area (Å²) in [6.07, 6.45) is 3.80. The summed E-state index contributed by atoms with van der Waals surface area (Å²) in [5, 5.41) is 16.5. The normalized spacial score (nSPS) is 15.4. The Hall–Kier alpha value is -3.69. The maximum absolute atomic E-state index is 12.7. The smallest absolute Gasteiger partial charge is 0.328 e. The van der Waals surface area contributed by atoms with E-state index in [1.165, 1.54) is 11.3 Å². The van der Waals surface area contributed by atoms with E-state index in [1.807, 2.05) is 54.6 Å². The molecule has 0 aliphatic heterocycles. The Kier molecular flexibility index (Phi) is 7.18. The molecule has 1 heterocycles. The van der Waals surface area contributed by atoms with Gasteiger partial charge in [-0.3, -0.25) is 15.4 Å².